The Morgan fingerprint density at radius 1 is 1.31 bits per heavy atom. The Morgan fingerprint density at radius 3 is 2.54 bits per heavy atom. The number of hydrogen-bond donors (Lipinski definition) is 1. The molecular weight excluding hydrogens is 334 g/mol. The van der Waals surface area contributed by atoms with Crippen molar-refractivity contribution in [1.82, 2.24) is 0 Å². The summed E-state index contributed by atoms with van der Waals surface area (Å²) in [7, 11) is 1.55. The molecule has 1 aliphatic rings. The Morgan fingerprint density at radius 2 is 2.00 bits per heavy atom. The first kappa shape index (κ1) is 20.2. The number of rotatable bonds is 9. The van der Waals surface area contributed by atoms with Crippen LogP contribution in [0, 0.1) is 11.8 Å². The van der Waals surface area contributed by atoms with Crippen LogP contribution in [0.4, 0.5) is 5.69 Å². The maximum Gasteiger partial charge on any atom is 0.341 e. The normalized spacial score (nSPS) is 16.1. The quantitative estimate of drug-likeness (QED) is 0.678. The van der Waals surface area contributed by atoms with Crippen LogP contribution < -0.4 is 10.1 Å². The van der Waals surface area contributed by atoms with Gasteiger partial charge in [0, 0.05) is 12.8 Å². The molecule has 1 saturated carbocycles. The van der Waals surface area contributed by atoms with Crippen LogP contribution in [0.25, 0.3) is 0 Å². The van der Waals surface area contributed by atoms with Crippen molar-refractivity contribution < 1.29 is 23.8 Å². The first-order chi connectivity index (χ1) is 12.3. The molecule has 0 aromatic heterocycles. The number of nitrogens with one attached hydrogen (secondary N) is 1. The zero-order valence-corrected chi connectivity index (χ0v) is 16.3. The van der Waals surface area contributed by atoms with Crippen LogP contribution in [-0.4, -0.2) is 37.8 Å². The molecule has 26 heavy (non-hydrogen) atoms. The average molecular weight is 363 g/mol. The van der Waals surface area contributed by atoms with Gasteiger partial charge in [-0.25, -0.2) is 4.79 Å². The van der Waals surface area contributed by atoms with Crippen LogP contribution in [0.15, 0.2) is 18.2 Å². The predicted molar refractivity (Wildman–Crippen MR) is 99.5 cm³/mol. The molecule has 1 aromatic rings. The van der Waals surface area contributed by atoms with Gasteiger partial charge in [-0.1, -0.05) is 13.8 Å². The maximum atomic E-state index is 12.7. The van der Waals surface area contributed by atoms with Gasteiger partial charge < -0.3 is 19.5 Å². The van der Waals surface area contributed by atoms with Crippen molar-refractivity contribution in [3.05, 3.63) is 23.8 Å². The predicted octanol–water partition coefficient (Wildman–Crippen LogP) is 3.65. The number of hydrogen-bond acceptors (Lipinski definition) is 5. The zero-order chi connectivity index (χ0) is 19.3. The highest BCUT2D eigenvalue weighted by atomic mass is 16.5. The summed E-state index contributed by atoms with van der Waals surface area (Å²) in [5.41, 5.74) is -0.0496. The van der Waals surface area contributed by atoms with Crippen LogP contribution in [0.1, 0.15) is 50.9 Å². The minimum Gasteiger partial charge on any atom is -0.492 e. The lowest BCUT2D eigenvalue weighted by atomic mass is 9.99. The first-order valence-corrected chi connectivity index (χ1v) is 9.12. The highest BCUT2D eigenvalue weighted by Crippen LogP contribution is 2.42. The molecule has 0 heterocycles. The number of benzene rings is 1. The summed E-state index contributed by atoms with van der Waals surface area (Å²) in [5, 5.41) is 2.86. The zero-order valence-electron chi connectivity index (χ0n) is 16.3. The van der Waals surface area contributed by atoms with E-state index in [1.54, 1.807) is 39.2 Å². The molecule has 0 unspecified atom stereocenters. The van der Waals surface area contributed by atoms with Crippen LogP contribution >= 0.6 is 0 Å². The number of methoxy groups -OCH3 is 1. The maximum absolute atomic E-state index is 12.7. The molecule has 0 saturated heterocycles. The number of amides is 1. The van der Waals surface area contributed by atoms with Crippen LogP contribution in [-0.2, 0) is 14.3 Å². The van der Waals surface area contributed by atoms with Crippen LogP contribution in [0.2, 0.25) is 0 Å². The van der Waals surface area contributed by atoms with Gasteiger partial charge in [0.2, 0.25) is 0 Å². The minimum absolute atomic E-state index is 0.215. The van der Waals surface area contributed by atoms with Crippen molar-refractivity contribution >= 4 is 17.6 Å². The van der Waals surface area contributed by atoms with Crippen molar-refractivity contribution in [3.63, 3.8) is 0 Å². The molecule has 0 radical (unpaired) electrons. The number of esters is 1. The molecule has 1 amide bonds. The fourth-order valence-corrected chi connectivity index (χ4v) is 2.69. The highest BCUT2D eigenvalue weighted by Gasteiger charge is 2.47. The Bertz CT molecular complexity index is 654. The molecule has 1 fully saturated rings. The fourth-order valence-electron chi connectivity index (χ4n) is 2.69. The number of carbonyl (C=O) groups is 2. The van der Waals surface area contributed by atoms with Gasteiger partial charge in [-0.3, -0.25) is 4.79 Å². The molecule has 0 spiro atoms. The summed E-state index contributed by atoms with van der Waals surface area (Å²) in [6, 6.07) is 5.00. The third-order valence-corrected chi connectivity index (χ3v) is 4.54. The van der Waals surface area contributed by atoms with Crippen molar-refractivity contribution in [1.29, 1.82) is 0 Å². The summed E-state index contributed by atoms with van der Waals surface area (Å²) < 4.78 is 16.3. The molecule has 1 aliphatic carbocycles. The van der Waals surface area contributed by atoms with Crippen LogP contribution in [0.5, 0.6) is 5.75 Å². The van der Waals surface area contributed by atoms with E-state index in [1.165, 1.54) is 0 Å². The van der Waals surface area contributed by atoms with Gasteiger partial charge in [-0.15, -0.1) is 0 Å². The van der Waals surface area contributed by atoms with Crippen molar-refractivity contribution in [2.24, 2.45) is 11.8 Å². The van der Waals surface area contributed by atoms with E-state index in [2.05, 4.69) is 5.32 Å². The number of ether oxygens (including phenoxy) is 3. The average Bonchev–Trinajstić information content (AvgIpc) is 3.45. The second kappa shape index (κ2) is 8.54. The molecule has 0 bridgehead atoms. The van der Waals surface area contributed by atoms with Gasteiger partial charge in [-0.05, 0) is 56.7 Å². The van der Waals surface area contributed by atoms with Crippen molar-refractivity contribution in [3.8, 4) is 5.75 Å². The monoisotopic (exact) mass is 363 g/mol. The summed E-state index contributed by atoms with van der Waals surface area (Å²) in [6.07, 6.45) is 1.96. The molecule has 6 heteroatoms. The van der Waals surface area contributed by atoms with Crippen LogP contribution in [0.3, 0.4) is 0 Å². The number of carbonyl (C=O) groups excluding carboxylic acids is 2. The molecule has 1 aromatic carbocycles. The Balaban J connectivity index is 2.22. The van der Waals surface area contributed by atoms with E-state index in [9.17, 15) is 9.59 Å². The van der Waals surface area contributed by atoms with E-state index in [-0.39, 0.29) is 18.4 Å². The van der Waals surface area contributed by atoms with E-state index in [0.29, 0.717) is 29.5 Å². The SMILES string of the molecule is CCOC(=O)c1cc(NC(=O)[C@](C)(OC)C2CC2)ccc1OCC(C)C. The van der Waals surface area contributed by atoms with E-state index in [4.69, 9.17) is 14.2 Å². The molecule has 2 rings (SSSR count). The summed E-state index contributed by atoms with van der Waals surface area (Å²) in [5.74, 6) is 0.315. The topological polar surface area (TPSA) is 73.9 Å². The van der Waals surface area contributed by atoms with Gasteiger partial charge in [0.25, 0.3) is 5.91 Å². The van der Waals surface area contributed by atoms with Gasteiger partial charge in [0.15, 0.2) is 0 Å². The standard InChI is InChI=1S/C20H29NO5/c1-6-25-18(22)16-11-15(9-10-17(16)26-12-13(2)3)21-19(23)20(4,24-5)14-7-8-14/h9-11,13-14H,6-8,12H2,1-5H3,(H,21,23)/t20-/m1/s1. The lowest BCUT2D eigenvalue weighted by molar-refractivity contribution is -0.138. The Kier molecular flexibility index (Phi) is 6.64. The van der Waals surface area contributed by atoms with Gasteiger partial charge in [0.05, 0.1) is 13.2 Å². The van der Waals surface area contributed by atoms with Crippen molar-refractivity contribution in [2.75, 3.05) is 25.6 Å². The van der Waals surface area contributed by atoms with Crippen molar-refractivity contribution in [2.45, 2.75) is 46.1 Å². The molecule has 144 valence electrons. The lowest BCUT2D eigenvalue weighted by Gasteiger charge is -2.26. The largest absolute Gasteiger partial charge is 0.492 e. The van der Waals surface area contributed by atoms with Gasteiger partial charge in [0.1, 0.15) is 16.9 Å². The van der Waals surface area contributed by atoms with Gasteiger partial charge in [-0.2, -0.15) is 0 Å². The third-order valence-electron chi connectivity index (χ3n) is 4.54. The summed E-state index contributed by atoms with van der Waals surface area (Å²) in [6.45, 7) is 8.36. The van der Waals surface area contributed by atoms with E-state index >= 15 is 0 Å². The lowest BCUT2D eigenvalue weighted by Crippen LogP contribution is -2.44. The summed E-state index contributed by atoms with van der Waals surface area (Å²) >= 11 is 0. The second-order valence-electron chi connectivity index (χ2n) is 7.18. The second-order valence-corrected chi connectivity index (χ2v) is 7.18. The van der Waals surface area contributed by atoms with E-state index < -0.39 is 11.6 Å². The van der Waals surface area contributed by atoms with E-state index in [1.807, 2.05) is 13.8 Å². The fraction of sp³-hybridized carbons (Fsp3) is 0.600. The minimum atomic E-state index is -0.864. The molecule has 6 nitrogen and oxygen atoms in total. The molecule has 1 atom stereocenters. The summed E-state index contributed by atoms with van der Waals surface area (Å²) in [4.78, 5) is 25.0. The highest BCUT2D eigenvalue weighted by molar-refractivity contribution is 6.00. The smallest absolute Gasteiger partial charge is 0.341 e. The third kappa shape index (κ3) is 4.75. The van der Waals surface area contributed by atoms with E-state index in [0.717, 1.165) is 12.8 Å². The number of anilines is 1. The Hall–Kier alpha value is -2.08. The van der Waals surface area contributed by atoms with Gasteiger partial charge >= 0.3 is 5.97 Å². The molecular formula is C20H29NO5. The Labute approximate surface area is 155 Å². The molecule has 1 N–H and O–H groups in total. The first-order valence-electron chi connectivity index (χ1n) is 9.12. The molecule has 0 aliphatic heterocycles.